The molecule has 0 heterocycles. The fraction of sp³-hybridized carbons (Fsp3) is 0.500. The standard InChI is InChI=1S/C26H34ClNO2/c1-3-4-19(2)28-18-21-5-9-22(10-6-21)23-11-15-25(16-12-23)30-26(29)17-20-7-13-24(27)14-8-20/h5-10,13-14,19,23,25,28H,3-4,11-12,15-18H2,1-2H3/t19?,23-,25-. The van der Waals surface area contributed by atoms with E-state index in [0.29, 0.717) is 23.4 Å². The number of ether oxygens (including phenoxy) is 1. The van der Waals surface area contributed by atoms with Gasteiger partial charge in [0.05, 0.1) is 6.42 Å². The van der Waals surface area contributed by atoms with E-state index >= 15 is 0 Å². The number of carbonyl (C=O) groups is 1. The molecule has 0 amide bonds. The van der Waals surface area contributed by atoms with Crippen LogP contribution in [-0.4, -0.2) is 18.1 Å². The minimum Gasteiger partial charge on any atom is -0.462 e. The predicted octanol–water partition coefficient (Wildman–Crippen LogP) is 6.43. The van der Waals surface area contributed by atoms with Crippen LogP contribution >= 0.6 is 11.6 Å². The van der Waals surface area contributed by atoms with Crippen LogP contribution in [0.2, 0.25) is 5.02 Å². The summed E-state index contributed by atoms with van der Waals surface area (Å²) < 4.78 is 5.72. The van der Waals surface area contributed by atoms with Gasteiger partial charge in [0, 0.05) is 17.6 Å². The minimum absolute atomic E-state index is 0.0459. The zero-order chi connectivity index (χ0) is 21.3. The van der Waals surface area contributed by atoms with Crippen molar-refractivity contribution in [2.24, 2.45) is 0 Å². The first-order valence-electron chi connectivity index (χ1n) is 11.3. The summed E-state index contributed by atoms with van der Waals surface area (Å²) in [5.41, 5.74) is 3.69. The maximum Gasteiger partial charge on any atom is 0.310 e. The summed E-state index contributed by atoms with van der Waals surface area (Å²) in [7, 11) is 0. The molecule has 2 aromatic rings. The summed E-state index contributed by atoms with van der Waals surface area (Å²) in [5, 5.41) is 4.27. The molecule has 0 spiro atoms. The molecule has 4 heteroatoms. The van der Waals surface area contributed by atoms with E-state index in [4.69, 9.17) is 16.3 Å². The van der Waals surface area contributed by atoms with Crippen molar-refractivity contribution in [3.05, 3.63) is 70.2 Å². The maximum absolute atomic E-state index is 12.2. The van der Waals surface area contributed by atoms with E-state index < -0.39 is 0 Å². The van der Waals surface area contributed by atoms with Crippen LogP contribution in [0.1, 0.15) is 75.0 Å². The molecule has 0 bridgehead atoms. The molecule has 2 aromatic carbocycles. The Kier molecular flexibility index (Phi) is 8.77. The number of rotatable bonds is 9. The molecule has 1 N–H and O–H groups in total. The van der Waals surface area contributed by atoms with Crippen molar-refractivity contribution >= 4 is 17.6 Å². The number of benzene rings is 2. The second kappa shape index (κ2) is 11.5. The van der Waals surface area contributed by atoms with E-state index in [1.165, 1.54) is 24.0 Å². The Bertz CT molecular complexity index is 780. The molecule has 1 unspecified atom stereocenters. The zero-order valence-electron chi connectivity index (χ0n) is 18.2. The van der Waals surface area contributed by atoms with Gasteiger partial charge in [0.2, 0.25) is 0 Å². The number of hydrogen-bond acceptors (Lipinski definition) is 3. The van der Waals surface area contributed by atoms with Crippen LogP contribution in [0.3, 0.4) is 0 Å². The lowest BCUT2D eigenvalue weighted by molar-refractivity contribution is -0.149. The highest BCUT2D eigenvalue weighted by atomic mass is 35.5. The van der Waals surface area contributed by atoms with Gasteiger partial charge in [-0.25, -0.2) is 0 Å². The lowest BCUT2D eigenvalue weighted by atomic mass is 9.82. The molecular formula is C26H34ClNO2. The van der Waals surface area contributed by atoms with E-state index in [2.05, 4.69) is 43.4 Å². The topological polar surface area (TPSA) is 38.3 Å². The summed E-state index contributed by atoms with van der Waals surface area (Å²) in [6.45, 7) is 5.40. The third-order valence-electron chi connectivity index (χ3n) is 6.06. The number of esters is 1. The third-order valence-corrected chi connectivity index (χ3v) is 6.31. The predicted molar refractivity (Wildman–Crippen MR) is 124 cm³/mol. The van der Waals surface area contributed by atoms with Gasteiger partial charge in [0.15, 0.2) is 0 Å². The normalized spacial score (nSPS) is 20.0. The first-order valence-corrected chi connectivity index (χ1v) is 11.7. The highest BCUT2D eigenvalue weighted by molar-refractivity contribution is 6.30. The Morgan fingerprint density at radius 3 is 2.30 bits per heavy atom. The van der Waals surface area contributed by atoms with Crippen molar-refractivity contribution in [1.82, 2.24) is 5.32 Å². The van der Waals surface area contributed by atoms with Gasteiger partial charge in [0.1, 0.15) is 6.10 Å². The van der Waals surface area contributed by atoms with Crippen molar-refractivity contribution in [1.29, 1.82) is 0 Å². The van der Waals surface area contributed by atoms with Crippen molar-refractivity contribution in [2.75, 3.05) is 0 Å². The number of halogens is 1. The monoisotopic (exact) mass is 427 g/mol. The maximum atomic E-state index is 12.2. The van der Waals surface area contributed by atoms with Crippen LogP contribution in [0.4, 0.5) is 0 Å². The van der Waals surface area contributed by atoms with Gasteiger partial charge in [-0.15, -0.1) is 0 Å². The summed E-state index contributed by atoms with van der Waals surface area (Å²) >= 11 is 5.90. The Hall–Kier alpha value is -1.84. The van der Waals surface area contributed by atoms with Crippen molar-refractivity contribution in [3.8, 4) is 0 Å². The summed E-state index contributed by atoms with van der Waals surface area (Å²) in [4.78, 5) is 12.2. The molecule has 3 nitrogen and oxygen atoms in total. The number of nitrogens with one attached hydrogen (secondary N) is 1. The van der Waals surface area contributed by atoms with Crippen molar-refractivity contribution in [3.63, 3.8) is 0 Å². The molecule has 0 aliphatic heterocycles. The zero-order valence-corrected chi connectivity index (χ0v) is 19.0. The summed E-state index contributed by atoms with van der Waals surface area (Å²) in [6.07, 6.45) is 6.81. The SMILES string of the molecule is CCCC(C)NCc1ccc([C@H]2CC[C@H](OC(=O)Cc3ccc(Cl)cc3)CC2)cc1. The Labute approximate surface area is 186 Å². The molecule has 1 saturated carbocycles. The molecule has 1 aliphatic carbocycles. The van der Waals surface area contributed by atoms with Crippen LogP contribution < -0.4 is 5.32 Å². The molecule has 0 aromatic heterocycles. The van der Waals surface area contributed by atoms with Crippen LogP contribution in [0, 0.1) is 0 Å². The van der Waals surface area contributed by atoms with E-state index in [9.17, 15) is 4.79 Å². The van der Waals surface area contributed by atoms with Gasteiger partial charge in [-0.2, -0.15) is 0 Å². The van der Waals surface area contributed by atoms with Crippen LogP contribution in [-0.2, 0) is 22.5 Å². The highest BCUT2D eigenvalue weighted by Gasteiger charge is 2.25. The average Bonchev–Trinajstić information content (AvgIpc) is 2.75. The second-order valence-electron chi connectivity index (χ2n) is 8.58. The Morgan fingerprint density at radius 2 is 1.67 bits per heavy atom. The van der Waals surface area contributed by atoms with Gasteiger partial charge in [-0.1, -0.05) is 61.3 Å². The molecule has 1 atom stereocenters. The molecule has 1 aliphatic rings. The summed E-state index contributed by atoms with van der Waals surface area (Å²) in [6, 6.07) is 17.0. The van der Waals surface area contributed by atoms with E-state index in [1.807, 2.05) is 24.3 Å². The molecule has 162 valence electrons. The van der Waals surface area contributed by atoms with Gasteiger partial charge < -0.3 is 10.1 Å². The van der Waals surface area contributed by atoms with Crippen molar-refractivity contribution < 1.29 is 9.53 Å². The quantitative estimate of drug-likeness (QED) is 0.468. The van der Waals surface area contributed by atoms with Crippen molar-refractivity contribution in [2.45, 2.75) is 83.4 Å². The van der Waals surface area contributed by atoms with E-state index in [0.717, 1.165) is 37.8 Å². The average molecular weight is 428 g/mol. The smallest absolute Gasteiger partial charge is 0.310 e. The minimum atomic E-state index is -0.144. The van der Waals surface area contributed by atoms with Crippen LogP contribution in [0.15, 0.2) is 48.5 Å². The van der Waals surface area contributed by atoms with Gasteiger partial charge in [-0.3, -0.25) is 4.79 Å². The first kappa shape index (κ1) is 22.8. The molecule has 0 radical (unpaired) electrons. The molecule has 30 heavy (non-hydrogen) atoms. The third kappa shape index (κ3) is 7.14. The van der Waals surface area contributed by atoms with E-state index in [1.54, 1.807) is 0 Å². The highest BCUT2D eigenvalue weighted by Crippen LogP contribution is 2.34. The van der Waals surface area contributed by atoms with Crippen LogP contribution in [0.5, 0.6) is 0 Å². The fourth-order valence-electron chi connectivity index (χ4n) is 4.25. The molecular weight excluding hydrogens is 394 g/mol. The number of hydrogen-bond donors (Lipinski definition) is 1. The largest absolute Gasteiger partial charge is 0.462 e. The van der Waals surface area contributed by atoms with Gasteiger partial charge in [-0.05, 0) is 73.8 Å². The molecule has 0 saturated heterocycles. The Balaban J connectivity index is 1.41. The Morgan fingerprint density at radius 1 is 1.03 bits per heavy atom. The molecule has 1 fully saturated rings. The first-order chi connectivity index (χ1) is 14.5. The van der Waals surface area contributed by atoms with E-state index in [-0.39, 0.29) is 12.1 Å². The lowest BCUT2D eigenvalue weighted by Gasteiger charge is -2.28. The molecule has 3 rings (SSSR count). The van der Waals surface area contributed by atoms with Gasteiger partial charge in [0.25, 0.3) is 0 Å². The fourth-order valence-corrected chi connectivity index (χ4v) is 4.37. The lowest BCUT2D eigenvalue weighted by Crippen LogP contribution is -2.25. The second-order valence-corrected chi connectivity index (χ2v) is 9.02. The van der Waals surface area contributed by atoms with Gasteiger partial charge >= 0.3 is 5.97 Å². The summed E-state index contributed by atoms with van der Waals surface area (Å²) in [5.74, 6) is 0.423. The number of carbonyl (C=O) groups excluding carboxylic acids is 1. The van der Waals surface area contributed by atoms with Crippen LogP contribution in [0.25, 0.3) is 0 Å².